The van der Waals surface area contributed by atoms with E-state index in [0.29, 0.717) is 37.3 Å². The van der Waals surface area contributed by atoms with Crippen molar-refractivity contribution in [1.82, 2.24) is 4.98 Å². The van der Waals surface area contributed by atoms with E-state index in [9.17, 15) is 0 Å². The Morgan fingerprint density at radius 1 is 0.967 bits per heavy atom. The molecular formula is C22H25IN4O3. The van der Waals surface area contributed by atoms with Gasteiger partial charge in [-0.15, -0.1) is 24.0 Å². The Morgan fingerprint density at radius 3 is 2.43 bits per heavy atom. The molecule has 0 bridgehead atoms. The molecule has 0 amide bonds. The van der Waals surface area contributed by atoms with E-state index in [1.807, 2.05) is 60.7 Å². The SMILES string of the molecule is COc1ccccc1NC(N)=NCc1ccc(OCCOc2ccccc2)nc1.I. The van der Waals surface area contributed by atoms with E-state index in [1.165, 1.54) is 0 Å². The molecule has 3 aromatic rings. The number of ether oxygens (including phenoxy) is 3. The lowest BCUT2D eigenvalue weighted by molar-refractivity contribution is 0.212. The van der Waals surface area contributed by atoms with Gasteiger partial charge in [0.2, 0.25) is 5.88 Å². The van der Waals surface area contributed by atoms with Crippen LogP contribution in [0.25, 0.3) is 0 Å². The molecule has 7 nitrogen and oxygen atoms in total. The Balaban J connectivity index is 0.00000320. The molecule has 0 atom stereocenters. The maximum Gasteiger partial charge on any atom is 0.213 e. The van der Waals surface area contributed by atoms with E-state index in [-0.39, 0.29) is 24.0 Å². The molecule has 3 rings (SSSR count). The van der Waals surface area contributed by atoms with Crippen molar-refractivity contribution in [2.75, 3.05) is 25.6 Å². The Hall–Kier alpha value is -3.01. The van der Waals surface area contributed by atoms with E-state index in [2.05, 4.69) is 15.3 Å². The largest absolute Gasteiger partial charge is 0.495 e. The van der Waals surface area contributed by atoms with Crippen LogP contribution < -0.4 is 25.3 Å². The van der Waals surface area contributed by atoms with Crippen molar-refractivity contribution < 1.29 is 14.2 Å². The van der Waals surface area contributed by atoms with Crippen molar-refractivity contribution in [1.29, 1.82) is 0 Å². The number of nitrogens with zero attached hydrogens (tertiary/aromatic N) is 2. The highest BCUT2D eigenvalue weighted by Crippen LogP contribution is 2.22. The highest BCUT2D eigenvalue weighted by Gasteiger charge is 2.03. The van der Waals surface area contributed by atoms with Gasteiger partial charge in [-0.05, 0) is 29.8 Å². The molecule has 30 heavy (non-hydrogen) atoms. The van der Waals surface area contributed by atoms with E-state index in [1.54, 1.807) is 19.4 Å². The molecule has 158 valence electrons. The second-order valence-corrected chi connectivity index (χ2v) is 6.04. The molecule has 0 aliphatic carbocycles. The summed E-state index contributed by atoms with van der Waals surface area (Å²) < 4.78 is 16.5. The van der Waals surface area contributed by atoms with Crippen molar-refractivity contribution in [2.45, 2.75) is 6.54 Å². The quantitative estimate of drug-likeness (QED) is 0.191. The fraction of sp³-hybridized carbons (Fsp3) is 0.182. The topological polar surface area (TPSA) is 91.0 Å². The molecule has 0 unspecified atom stereocenters. The third-order valence-electron chi connectivity index (χ3n) is 3.94. The van der Waals surface area contributed by atoms with Gasteiger partial charge in [0.15, 0.2) is 5.96 Å². The molecular weight excluding hydrogens is 495 g/mol. The molecule has 8 heteroatoms. The predicted octanol–water partition coefficient (Wildman–Crippen LogP) is 4.09. The van der Waals surface area contributed by atoms with Crippen LogP contribution in [0.4, 0.5) is 5.69 Å². The molecule has 0 fully saturated rings. The van der Waals surface area contributed by atoms with E-state index in [0.717, 1.165) is 17.0 Å². The van der Waals surface area contributed by atoms with Crippen molar-refractivity contribution in [3.8, 4) is 17.4 Å². The highest BCUT2D eigenvalue weighted by molar-refractivity contribution is 14.0. The molecule has 1 heterocycles. The van der Waals surface area contributed by atoms with Crippen LogP contribution in [0.5, 0.6) is 17.4 Å². The molecule has 0 aliphatic rings. The summed E-state index contributed by atoms with van der Waals surface area (Å²) in [7, 11) is 1.61. The smallest absolute Gasteiger partial charge is 0.213 e. The molecule has 3 N–H and O–H groups in total. The van der Waals surface area contributed by atoms with Crippen LogP contribution >= 0.6 is 24.0 Å². The van der Waals surface area contributed by atoms with Gasteiger partial charge in [-0.2, -0.15) is 0 Å². The summed E-state index contributed by atoms with van der Waals surface area (Å²) in [5, 5.41) is 3.03. The standard InChI is InChI=1S/C22H24N4O3.HI/c1-27-20-10-6-5-9-19(20)26-22(23)25-16-17-11-12-21(24-15-17)29-14-13-28-18-7-3-2-4-8-18;/h2-12,15H,13-14,16H2,1H3,(H3,23,25,26);1H. The van der Waals surface area contributed by atoms with Crippen molar-refractivity contribution in [2.24, 2.45) is 10.7 Å². The number of halogens is 1. The van der Waals surface area contributed by atoms with Gasteiger partial charge in [-0.25, -0.2) is 9.98 Å². The summed E-state index contributed by atoms with van der Waals surface area (Å²) >= 11 is 0. The number of pyridine rings is 1. The Bertz CT molecular complexity index is 921. The molecule has 1 aromatic heterocycles. The number of benzene rings is 2. The maximum atomic E-state index is 5.96. The number of aromatic nitrogens is 1. The first-order valence-corrected chi connectivity index (χ1v) is 9.20. The minimum atomic E-state index is 0. The number of anilines is 1. The van der Waals surface area contributed by atoms with Crippen LogP contribution in [0, 0.1) is 0 Å². The summed E-state index contributed by atoms with van der Waals surface area (Å²) in [6, 6.07) is 20.8. The highest BCUT2D eigenvalue weighted by atomic mass is 127. The number of hydrogen-bond acceptors (Lipinski definition) is 5. The van der Waals surface area contributed by atoms with Crippen molar-refractivity contribution in [3.05, 3.63) is 78.5 Å². The van der Waals surface area contributed by atoms with Gasteiger partial charge in [0.1, 0.15) is 24.7 Å². The van der Waals surface area contributed by atoms with E-state index < -0.39 is 0 Å². The Labute approximate surface area is 193 Å². The van der Waals surface area contributed by atoms with Gasteiger partial charge in [0.05, 0.1) is 19.3 Å². The average Bonchev–Trinajstić information content (AvgIpc) is 2.77. The fourth-order valence-corrected chi connectivity index (χ4v) is 2.51. The third-order valence-corrected chi connectivity index (χ3v) is 3.94. The van der Waals surface area contributed by atoms with Gasteiger partial charge in [-0.3, -0.25) is 0 Å². The number of nitrogens with two attached hydrogens (primary N) is 1. The van der Waals surface area contributed by atoms with Crippen LogP contribution in [-0.4, -0.2) is 31.3 Å². The second-order valence-electron chi connectivity index (χ2n) is 6.04. The van der Waals surface area contributed by atoms with Gasteiger partial charge >= 0.3 is 0 Å². The number of guanidine groups is 1. The number of nitrogens with one attached hydrogen (secondary N) is 1. The molecule has 0 saturated carbocycles. The summed E-state index contributed by atoms with van der Waals surface area (Å²) in [5.74, 6) is 2.35. The first kappa shape index (κ1) is 23.3. The van der Waals surface area contributed by atoms with Crippen LogP contribution in [-0.2, 0) is 6.54 Å². The normalized spacial score (nSPS) is 10.6. The monoisotopic (exact) mass is 520 g/mol. The molecule has 2 aromatic carbocycles. The summed E-state index contributed by atoms with van der Waals surface area (Å²) in [4.78, 5) is 8.62. The number of hydrogen-bond donors (Lipinski definition) is 2. The van der Waals surface area contributed by atoms with Crippen LogP contribution in [0.15, 0.2) is 77.9 Å². The third kappa shape index (κ3) is 7.43. The number of para-hydroxylation sites is 3. The second kappa shape index (κ2) is 12.5. The number of aliphatic imine (C=N–C) groups is 1. The minimum Gasteiger partial charge on any atom is -0.495 e. The van der Waals surface area contributed by atoms with Gasteiger partial charge in [-0.1, -0.05) is 36.4 Å². The molecule has 0 saturated heterocycles. The summed E-state index contributed by atoms with van der Waals surface area (Å²) in [5.41, 5.74) is 7.64. The van der Waals surface area contributed by atoms with Gasteiger partial charge < -0.3 is 25.3 Å². The van der Waals surface area contributed by atoms with Gasteiger partial charge in [0, 0.05) is 12.3 Å². The maximum absolute atomic E-state index is 5.96. The van der Waals surface area contributed by atoms with E-state index in [4.69, 9.17) is 19.9 Å². The summed E-state index contributed by atoms with van der Waals surface area (Å²) in [6.07, 6.45) is 1.72. The number of methoxy groups -OCH3 is 1. The zero-order chi connectivity index (χ0) is 20.3. The fourth-order valence-electron chi connectivity index (χ4n) is 2.51. The average molecular weight is 520 g/mol. The predicted molar refractivity (Wildman–Crippen MR) is 129 cm³/mol. The number of rotatable bonds is 9. The van der Waals surface area contributed by atoms with Crippen LogP contribution in [0.2, 0.25) is 0 Å². The molecule has 0 radical (unpaired) electrons. The van der Waals surface area contributed by atoms with Crippen LogP contribution in [0.3, 0.4) is 0 Å². The first-order valence-electron chi connectivity index (χ1n) is 9.20. The minimum absolute atomic E-state index is 0. The summed E-state index contributed by atoms with van der Waals surface area (Å²) in [6.45, 7) is 1.26. The van der Waals surface area contributed by atoms with E-state index >= 15 is 0 Å². The van der Waals surface area contributed by atoms with Crippen LogP contribution in [0.1, 0.15) is 5.56 Å². The molecule has 0 aliphatic heterocycles. The Kier molecular flexibility index (Phi) is 9.72. The lowest BCUT2D eigenvalue weighted by Gasteiger charge is -2.10. The van der Waals surface area contributed by atoms with Crippen molar-refractivity contribution in [3.63, 3.8) is 0 Å². The van der Waals surface area contributed by atoms with Gasteiger partial charge in [0.25, 0.3) is 0 Å². The molecule has 0 spiro atoms. The first-order chi connectivity index (χ1) is 14.2. The lowest BCUT2D eigenvalue weighted by atomic mass is 10.3. The lowest BCUT2D eigenvalue weighted by Crippen LogP contribution is -2.22. The zero-order valence-corrected chi connectivity index (χ0v) is 19.0. The zero-order valence-electron chi connectivity index (χ0n) is 16.7. The Morgan fingerprint density at radius 2 is 1.70 bits per heavy atom. The van der Waals surface area contributed by atoms with Crippen molar-refractivity contribution >= 4 is 35.6 Å².